The van der Waals surface area contributed by atoms with Gasteiger partial charge in [0.25, 0.3) is 0 Å². The number of ether oxygens (including phenoxy) is 2. The van der Waals surface area contributed by atoms with Gasteiger partial charge >= 0.3 is 5.97 Å². The summed E-state index contributed by atoms with van der Waals surface area (Å²) in [7, 11) is -2.75. The summed E-state index contributed by atoms with van der Waals surface area (Å²) in [6.07, 6.45) is 0.832. The average Bonchev–Trinajstić information content (AvgIpc) is 2.77. The zero-order valence-corrected chi connectivity index (χ0v) is 17.8. The van der Waals surface area contributed by atoms with E-state index in [0.717, 1.165) is 18.7 Å². The highest BCUT2D eigenvalue weighted by Gasteiger charge is 2.53. The van der Waals surface area contributed by atoms with Gasteiger partial charge in [-0.3, -0.25) is 4.79 Å². The van der Waals surface area contributed by atoms with Gasteiger partial charge in [0.1, 0.15) is 16.4 Å². The van der Waals surface area contributed by atoms with Gasteiger partial charge in [-0.25, -0.2) is 8.42 Å². The fourth-order valence-corrected chi connectivity index (χ4v) is 5.83. The first-order valence-corrected chi connectivity index (χ1v) is 11.4. The molecule has 2 aromatic carbocycles. The Morgan fingerprint density at radius 2 is 1.70 bits per heavy atom. The van der Waals surface area contributed by atoms with Crippen LogP contribution in [-0.2, 0) is 14.6 Å². The predicted molar refractivity (Wildman–Crippen MR) is 113 cm³/mol. The van der Waals surface area contributed by atoms with Crippen molar-refractivity contribution in [3.8, 4) is 11.5 Å². The first kappa shape index (κ1) is 22.1. The number of carboxylic acids is 1. The van der Waals surface area contributed by atoms with E-state index in [2.05, 4.69) is 4.90 Å². The number of benzene rings is 2. The lowest BCUT2D eigenvalue weighted by Crippen LogP contribution is -2.54. The molecule has 0 aliphatic carbocycles. The molecule has 1 aliphatic heterocycles. The number of methoxy groups -OCH3 is 1. The van der Waals surface area contributed by atoms with Crippen LogP contribution in [0.3, 0.4) is 0 Å². The van der Waals surface area contributed by atoms with Crippen molar-refractivity contribution in [2.75, 3.05) is 33.4 Å². The summed E-state index contributed by atoms with van der Waals surface area (Å²) in [5.74, 6) is -0.331. The number of carbonyl (C=O) groups is 1. The molecule has 1 saturated heterocycles. The molecule has 2 aromatic rings. The Morgan fingerprint density at radius 1 is 1.07 bits per heavy atom. The molecule has 30 heavy (non-hydrogen) atoms. The Hall–Kier alpha value is -2.58. The van der Waals surface area contributed by atoms with E-state index in [9.17, 15) is 18.3 Å². The summed E-state index contributed by atoms with van der Waals surface area (Å²) in [6.45, 7) is 2.05. The molecule has 0 atom stereocenters. The van der Waals surface area contributed by atoms with Gasteiger partial charge in [0.15, 0.2) is 14.6 Å². The van der Waals surface area contributed by atoms with Crippen LogP contribution < -0.4 is 9.47 Å². The van der Waals surface area contributed by atoms with Crippen molar-refractivity contribution in [1.82, 2.24) is 4.90 Å². The molecule has 0 saturated carbocycles. The van der Waals surface area contributed by atoms with Crippen LogP contribution in [0, 0.1) is 0 Å². The van der Waals surface area contributed by atoms with E-state index >= 15 is 0 Å². The van der Waals surface area contributed by atoms with Crippen molar-refractivity contribution < 1.29 is 27.8 Å². The maximum Gasteiger partial charge on any atom is 0.325 e. The molecule has 1 heterocycles. The number of sulfone groups is 1. The van der Waals surface area contributed by atoms with E-state index in [-0.39, 0.29) is 23.5 Å². The second kappa shape index (κ2) is 9.49. The van der Waals surface area contributed by atoms with Gasteiger partial charge < -0.3 is 19.5 Å². The number of aliphatic carboxylic acids is 1. The minimum atomic E-state index is -4.13. The molecule has 0 unspecified atom stereocenters. The lowest BCUT2D eigenvalue weighted by molar-refractivity contribution is -0.141. The number of hydrogen-bond donors (Lipinski definition) is 1. The second-order valence-electron chi connectivity index (χ2n) is 7.31. The van der Waals surface area contributed by atoms with Gasteiger partial charge in [-0.1, -0.05) is 30.3 Å². The molecule has 8 heteroatoms. The molecule has 1 N–H and O–H groups in total. The topological polar surface area (TPSA) is 93.1 Å². The van der Waals surface area contributed by atoms with Crippen molar-refractivity contribution in [2.24, 2.45) is 0 Å². The molecule has 0 radical (unpaired) electrons. The largest absolute Gasteiger partial charge is 0.495 e. The van der Waals surface area contributed by atoms with E-state index < -0.39 is 20.6 Å². The third-order valence-corrected chi connectivity index (χ3v) is 8.09. The third kappa shape index (κ3) is 4.44. The number of likely N-dealkylation sites (tertiary alicyclic amines) is 1. The summed E-state index contributed by atoms with van der Waals surface area (Å²) < 4.78 is 35.7. The maximum atomic E-state index is 13.4. The summed E-state index contributed by atoms with van der Waals surface area (Å²) >= 11 is 0. The van der Waals surface area contributed by atoms with Crippen molar-refractivity contribution >= 4 is 15.8 Å². The Balaban J connectivity index is 1.64. The number of nitrogens with zero attached hydrogens (tertiary/aromatic N) is 1. The lowest BCUT2D eigenvalue weighted by atomic mass is 9.95. The summed E-state index contributed by atoms with van der Waals surface area (Å²) in [6, 6.07) is 15.7. The molecule has 3 rings (SSSR count). The quantitative estimate of drug-likeness (QED) is 0.608. The van der Waals surface area contributed by atoms with E-state index in [1.807, 2.05) is 30.3 Å². The number of hydrogen-bond acceptors (Lipinski definition) is 6. The first-order chi connectivity index (χ1) is 14.4. The van der Waals surface area contributed by atoms with Crippen molar-refractivity contribution in [3.63, 3.8) is 0 Å². The fourth-order valence-electron chi connectivity index (χ4n) is 3.78. The second-order valence-corrected chi connectivity index (χ2v) is 9.54. The Bertz CT molecular complexity index is 953. The van der Waals surface area contributed by atoms with Gasteiger partial charge in [0, 0.05) is 19.6 Å². The SMILES string of the molecule is COc1ccccc1S(=O)(=O)C1(C(=O)O)CCN(CCCOc2ccccc2)CC1. The van der Waals surface area contributed by atoms with Crippen LogP contribution in [0.5, 0.6) is 11.5 Å². The van der Waals surface area contributed by atoms with Gasteiger partial charge in [0.2, 0.25) is 0 Å². The number of piperidine rings is 1. The summed E-state index contributed by atoms with van der Waals surface area (Å²) in [5.41, 5.74) is 0. The molecule has 0 amide bonds. The number of carboxylic acid groups (broad SMARTS) is 1. The molecular weight excluding hydrogens is 406 g/mol. The van der Waals surface area contributed by atoms with Crippen LogP contribution in [0.25, 0.3) is 0 Å². The zero-order chi connectivity index (χ0) is 21.6. The van der Waals surface area contributed by atoms with Crippen LogP contribution in [0.4, 0.5) is 0 Å². The summed E-state index contributed by atoms with van der Waals surface area (Å²) in [5, 5.41) is 9.92. The normalized spacial score (nSPS) is 16.7. The smallest absolute Gasteiger partial charge is 0.325 e. The average molecular weight is 434 g/mol. The molecule has 1 fully saturated rings. The van der Waals surface area contributed by atoms with Gasteiger partial charge in [0.05, 0.1) is 13.7 Å². The monoisotopic (exact) mass is 433 g/mol. The van der Waals surface area contributed by atoms with Crippen LogP contribution >= 0.6 is 0 Å². The minimum Gasteiger partial charge on any atom is -0.495 e. The molecule has 7 nitrogen and oxygen atoms in total. The predicted octanol–water partition coefficient (Wildman–Crippen LogP) is 2.86. The van der Waals surface area contributed by atoms with Crippen molar-refractivity contribution in [1.29, 1.82) is 0 Å². The standard InChI is InChI=1S/C22H27NO6S/c1-28-19-10-5-6-11-20(19)30(26,27)22(21(24)25)12-15-23(16-13-22)14-7-17-29-18-8-3-2-4-9-18/h2-6,8-11H,7,12-17H2,1H3,(H,24,25). The molecule has 0 spiro atoms. The highest BCUT2D eigenvalue weighted by molar-refractivity contribution is 7.93. The minimum absolute atomic E-state index is 0.0300. The maximum absolute atomic E-state index is 13.4. The zero-order valence-electron chi connectivity index (χ0n) is 17.0. The highest BCUT2D eigenvalue weighted by atomic mass is 32.2. The molecule has 0 bridgehead atoms. The van der Waals surface area contributed by atoms with Crippen LogP contribution in [-0.4, -0.2) is 62.5 Å². The van der Waals surface area contributed by atoms with Gasteiger partial charge in [-0.15, -0.1) is 0 Å². The number of rotatable bonds is 9. The van der Waals surface area contributed by atoms with Gasteiger partial charge in [-0.2, -0.15) is 0 Å². The Kier molecular flexibility index (Phi) is 6.99. The highest BCUT2D eigenvalue weighted by Crippen LogP contribution is 2.39. The van der Waals surface area contributed by atoms with E-state index in [1.54, 1.807) is 12.1 Å². The third-order valence-electron chi connectivity index (χ3n) is 5.56. The Morgan fingerprint density at radius 3 is 2.33 bits per heavy atom. The lowest BCUT2D eigenvalue weighted by Gasteiger charge is -2.38. The molecule has 0 aromatic heterocycles. The molecule has 162 valence electrons. The van der Waals surface area contributed by atoms with Crippen molar-refractivity contribution in [3.05, 3.63) is 54.6 Å². The molecule has 1 aliphatic rings. The first-order valence-electron chi connectivity index (χ1n) is 9.92. The fraction of sp³-hybridized carbons (Fsp3) is 0.409. The van der Waals surface area contributed by atoms with Crippen molar-refractivity contribution in [2.45, 2.75) is 28.9 Å². The van der Waals surface area contributed by atoms with E-state index in [0.29, 0.717) is 19.7 Å². The van der Waals surface area contributed by atoms with E-state index in [1.165, 1.54) is 19.2 Å². The summed E-state index contributed by atoms with van der Waals surface area (Å²) in [4.78, 5) is 14.2. The molecular formula is C22H27NO6S. The van der Waals surface area contributed by atoms with Gasteiger partial charge in [-0.05, 0) is 43.5 Å². The van der Waals surface area contributed by atoms with Crippen LogP contribution in [0.2, 0.25) is 0 Å². The van der Waals surface area contributed by atoms with E-state index in [4.69, 9.17) is 9.47 Å². The van der Waals surface area contributed by atoms with Crippen LogP contribution in [0.15, 0.2) is 59.5 Å². The Labute approximate surface area is 177 Å². The van der Waals surface area contributed by atoms with Crippen LogP contribution in [0.1, 0.15) is 19.3 Å². The number of para-hydroxylation sites is 2.